The number of piperidine rings is 1. The van der Waals surface area contributed by atoms with Crippen LogP contribution in [0.25, 0.3) is 0 Å². The number of nitrogens with one attached hydrogen (secondary N) is 1. The van der Waals surface area contributed by atoms with Crippen LogP contribution in [0.3, 0.4) is 0 Å². The molecule has 6 rings (SSSR count). The number of ether oxygens (including phenoxy) is 3. The summed E-state index contributed by atoms with van der Waals surface area (Å²) in [6.45, 7) is 20.4. The van der Waals surface area contributed by atoms with Crippen LogP contribution in [0.1, 0.15) is 107 Å². The first-order chi connectivity index (χ1) is 22.9. The number of nitrogens with zero attached hydrogens (tertiary/aromatic N) is 1. The second-order valence-corrected chi connectivity index (χ2v) is 18.6. The molecule has 9 nitrogen and oxygen atoms in total. The standard InChI is InChI=1S/C40H64N2O7/c1-24(2)25(3)36(5)16-17-38(7)28-10-11-31-37(6)22-47-23-40(31,29(28)12-15-39(38,8)33(36)35(45)46)20-30(48-26(4)43)34(37)49-32(44)21-41-27-13-18-42(9)19-14-27/h12,24-25,27-28,30-31,33-34,41H,10-11,13-23H2,1-9H3,(H,45,46)/t25-,28+,30-,31+,33-,34+,36-,37-,38-,39+,40+/m1/s1. The summed E-state index contributed by atoms with van der Waals surface area (Å²) in [7, 11) is 2.12. The van der Waals surface area contributed by atoms with Gasteiger partial charge < -0.3 is 29.5 Å². The summed E-state index contributed by atoms with van der Waals surface area (Å²) < 4.78 is 19.0. The highest BCUT2D eigenvalue weighted by Crippen LogP contribution is 2.75. The quantitative estimate of drug-likeness (QED) is 0.231. The Balaban J connectivity index is 1.32. The van der Waals surface area contributed by atoms with Crippen molar-refractivity contribution in [2.45, 2.75) is 125 Å². The zero-order valence-electron chi connectivity index (χ0n) is 31.7. The number of allylic oxidation sites excluding steroid dienone is 1. The zero-order valence-corrected chi connectivity index (χ0v) is 31.7. The molecule has 2 aliphatic heterocycles. The number of carboxylic acid groups (broad SMARTS) is 1. The van der Waals surface area contributed by atoms with Crippen LogP contribution in [-0.4, -0.2) is 86.1 Å². The van der Waals surface area contributed by atoms with E-state index >= 15 is 0 Å². The van der Waals surface area contributed by atoms with Crippen molar-refractivity contribution in [3.63, 3.8) is 0 Å². The van der Waals surface area contributed by atoms with Gasteiger partial charge in [0.15, 0.2) is 0 Å². The van der Waals surface area contributed by atoms with Gasteiger partial charge in [0.25, 0.3) is 0 Å². The van der Waals surface area contributed by atoms with E-state index in [0.717, 1.165) is 51.6 Å². The number of hydrogen-bond donors (Lipinski definition) is 2. The van der Waals surface area contributed by atoms with Crippen LogP contribution in [-0.2, 0) is 28.6 Å². The monoisotopic (exact) mass is 684 g/mol. The fraction of sp³-hybridized carbons (Fsp3) is 0.875. The minimum Gasteiger partial charge on any atom is -0.481 e. The maximum atomic E-state index is 13.5. The van der Waals surface area contributed by atoms with E-state index in [1.165, 1.54) is 12.5 Å². The summed E-state index contributed by atoms with van der Waals surface area (Å²) in [5.74, 6) is -0.710. The Bertz CT molecular complexity index is 1340. The van der Waals surface area contributed by atoms with Gasteiger partial charge in [-0.1, -0.05) is 60.1 Å². The molecule has 276 valence electrons. The molecule has 4 aliphatic carbocycles. The van der Waals surface area contributed by atoms with Gasteiger partial charge in [-0.15, -0.1) is 0 Å². The molecule has 2 bridgehead atoms. The van der Waals surface area contributed by atoms with Crippen molar-refractivity contribution in [1.82, 2.24) is 10.2 Å². The molecule has 2 N–H and O–H groups in total. The molecule has 2 saturated heterocycles. The molecular formula is C40H64N2O7. The van der Waals surface area contributed by atoms with Crippen molar-refractivity contribution < 1.29 is 33.7 Å². The van der Waals surface area contributed by atoms with Crippen molar-refractivity contribution in [1.29, 1.82) is 0 Å². The fourth-order valence-electron chi connectivity index (χ4n) is 12.7. The van der Waals surface area contributed by atoms with Crippen molar-refractivity contribution in [3.8, 4) is 0 Å². The molecule has 0 aromatic heterocycles. The topological polar surface area (TPSA) is 114 Å². The fourth-order valence-corrected chi connectivity index (χ4v) is 12.7. The number of esters is 2. The molecule has 0 radical (unpaired) electrons. The Morgan fingerprint density at radius 1 is 1.00 bits per heavy atom. The Hall–Kier alpha value is -1.97. The molecule has 0 unspecified atom stereocenters. The molecule has 6 aliphatic rings. The molecule has 0 aromatic carbocycles. The molecule has 2 heterocycles. The van der Waals surface area contributed by atoms with Gasteiger partial charge in [0.05, 0.1) is 25.7 Å². The molecule has 49 heavy (non-hydrogen) atoms. The van der Waals surface area contributed by atoms with Crippen LogP contribution >= 0.6 is 0 Å². The minimum absolute atomic E-state index is 0.133. The number of fused-ring (bicyclic) bond motifs is 3. The molecule has 5 fully saturated rings. The molecule has 0 aromatic rings. The highest BCUT2D eigenvalue weighted by molar-refractivity contribution is 5.73. The Labute approximate surface area is 294 Å². The third-order valence-corrected chi connectivity index (χ3v) is 15.9. The van der Waals surface area contributed by atoms with E-state index in [2.05, 4.69) is 71.8 Å². The second kappa shape index (κ2) is 12.9. The Morgan fingerprint density at radius 3 is 2.33 bits per heavy atom. The SMILES string of the molecule is CC(=O)O[C@@H]1C[C@@]23COC[C@](C)([C@@H]2CC[C@H]2C3=CC[C@@]3(C)[C@H](C(=O)O)[C@@](C)([C@H](C)C(C)C)CC[C@]23C)[C@H]1OC(=O)CNC1CCN(C)CC1. The van der Waals surface area contributed by atoms with Crippen molar-refractivity contribution in [2.75, 3.05) is 39.9 Å². The summed E-state index contributed by atoms with van der Waals surface area (Å²) in [5, 5.41) is 14.4. The number of aliphatic carboxylic acids is 1. The first-order valence-electron chi connectivity index (χ1n) is 19.2. The third-order valence-electron chi connectivity index (χ3n) is 15.9. The number of carboxylic acids is 1. The van der Waals surface area contributed by atoms with Crippen LogP contribution in [0, 0.1) is 56.7 Å². The Kier molecular flexibility index (Phi) is 9.70. The number of hydrogen-bond acceptors (Lipinski definition) is 8. The lowest BCUT2D eigenvalue weighted by Crippen LogP contribution is -2.70. The van der Waals surface area contributed by atoms with E-state index in [-0.39, 0.29) is 58.5 Å². The van der Waals surface area contributed by atoms with Gasteiger partial charge in [0, 0.05) is 23.8 Å². The van der Waals surface area contributed by atoms with Gasteiger partial charge in [0.2, 0.25) is 0 Å². The lowest BCUT2D eigenvalue weighted by atomic mass is 9.34. The summed E-state index contributed by atoms with van der Waals surface area (Å²) >= 11 is 0. The molecule has 9 heteroatoms. The number of carbonyl (C=O) groups is 3. The van der Waals surface area contributed by atoms with Crippen LogP contribution in [0.5, 0.6) is 0 Å². The highest BCUT2D eigenvalue weighted by atomic mass is 16.6. The van der Waals surface area contributed by atoms with E-state index in [0.29, 0.717) is 32.0 Å². The first kappa shape index (κ1) is 36.8. The molecular weight excluding hydrogens is 620 g/mol. The van der Waals surface area contributed by atoms with Gasteiger partial charge in [0.1, 0.15) is 12.2 Å². The second-order valence-electron chi connectivity index (χ2n) is 18.6. The summed E-state index contributed by atoms with van der Waals surface area (Å²) in [4.78, 5) is 41.8. The summed E-state index contributed by atoms with van der Waals surface area (Å²) in [5.41, 5.74) is -0.427. The highest BCUT2D eigenvalue weighted by Gasteiger charge is 2.72. The average molecular weight is 685 g/mol. The first-order valence-corrected chi connectivity index (χ1v) is 19.2. The Morgan fingerprint density at radius 2 is 1.69 bits per heavy atom. The molecule has 3 saturated carbocycles. The van der Waals surface area contributed by atoms with Gasteiger partial charge in [-0.2, -0.15) is 0 Å². The third kappa shape index (κ3) is 5.71. The van der Waals surface area contributed by atoms with E-state index in [1.807, 2.05) is 0 Å². The normalized spacial score (nSPS) is 44.5. The molecule has 0 amide bonds. The maximum absolute atomic E-state index is 13.5. The van der Waals surface area contributed by atoms with Crippen LogP contribution < -0.4 is 5.32 Å². The van der Waals surface area contributed by atoms with E-state index in [1.54, 1.807) is 0 Å². The number of carbonyl (C=O) groups excluding carboxylic acids is 2. The van der Waals surface area contributed by atoms with E-state index in [9.17, 15) is 19.5 Å². The van der Waals surface area contributed by atoms with Crippen LogP contribution in [0.4, 0.5) is 0 Å². The minimum atomic E-state index is -0.664. The average Bonchev–Trinajstić information content (AvgIpc) is 3.02. The van der Waals surface area contributed by atoms with Crippen molar-refractivity contribution >= 4 is 17.9 Å². The predicted octanol–water partition coefficient (Wildman–Crippen LogP) is 6.10. The zero-order chi connectivity index (χ0) is 35.7. The number of rotatable bonds is 8. The van der Waals surface area contributed by atoms with Crippen molar-refractivity contribution in [2.24, 2.45) is 56.7 Å². The summed E-state index contributed by atoms with van der Waals surface area (Å²) in [6.07, 6.45) is 8.26. The smallest absolute Gasteiger partial charge is 0.320 e. The van der Waals surface area contributed by atoms with E-state index < -0.39 is 34.9 Å². The van der Waals surface area contributed by atoms with Gasteiger partial charge in [-0.05, 0) is 111 Å². The predicted molar refractivity (Wildman–Crippen MR) is 188 cm³/mol. The van der Waals surface area contributed by atoms with Gasteiger partial charge >= 0.3 is 17.9 Å². The number of likely N-dealkylation sites (tertiary alicyclic amines) is 1. The lowest BCUT2D eigenvalue weighted by Gasteiger charge is -2.71. The van der Waals surface area contributed by atoms with Crippen LogP contribution in [0.15, 0.2) is 11.6 Å². The van der Waals surface area contributed by atoms with E-state index in [4.69, 9.17) is 14.2 Å². The van der Waals surface area contributed by atoms with Gasteiger partial charge in [-0.25, -0.2) is 0 Å². The van der Waals surface area contributed by atoms with Crippen molar-refractivity contribution in [3.05, 3.63) is 11.6 Å². The summed E-state index contributed by atoms with van der Waals surface area (Å²) in [6, 6.07) is 0.285. The van der Waals surface area contributed by atoms with Gasteiger partial charge in [-0.3, -0.25) is 14.4 Å². The lowest BCUT2D eigenvalue weighted by molar-refractivity contribution is -0.263. The largest absolute Gasteiger partial charge is 0.481 e. The molecule has 11 atom stereocenters. The van der Waals surface area contributed by atoms with Crippen LogP contribution in [0.2, 0.25) is 0 Å². The molecule has 0 spiro atoms. The maximum Gasteiger partial charge on any atom is 0.320 e.